The Hall–Kier alpha value is -2.49. The fourth-order valence-electron chi connectivity index (χ4n) is 2.77. The van der Waals surface area contributed by atoms with Crippen LogP contribution in [0.15, 0.2) is 48.5 Å². The van der Waals surface area contributed by atoms with Gasteiger partial charge in [0, 0.05) is 24.5 Å². The van der Waals surface area contributed by atoms with Crippen LogP contribution in [0.5, 0.6) is 5.75 Å². The molecule has 0 unspecified atom stereocenters. The van der Waals surface area contributed by atoms with Gasteiger partial charge in [-0.25, -0.2) is 0 Å². The number of carbonyl (C=O) groups excluding carboxylic acids is 1. The first kappa shape index (κ1) is 15.4. The SMILES string of the molecule is Cc1ccc(N2CCCC2)cc1NC(=O)COc1ccccc1. The van der Waals surface area contributed by atoms with Crippen molar-refractivity contribution in [2.75, 3.05) is 29.9 Å². The third-order valence-electron chi connectivity index (χ3n) is 4.08. The second-order valence-electron chi connectivity index (χ2n) is 5.84. The van der Waals surface area contributed by atoms with E-state index in [9.17, 15) is 4.79 Å². The zero-order chi connectivity index (χ0) is 16.1. The Morgan fingerprint density at radius 2 is 1.87 bits per heavy atom. The van der Waals surface area contributed by atoms with Crippen molar-refractivity contribution in [3.8, 4) is 5.75 Å². The van der Waals surface area contributed by atoms with Crippen molar-refractivity contribution in [1.29, 1.82) is 0 Å². The van der Waals surface area contributed by atoms with Gasteiger partial charge in [0.25, 0.3) is 5.91 Å². The van der Waals surface area contributed by atoms with Crippen LogP contribution >= 0.6 is 0 Å². The molecule has 1 heterocycles. The van der Waals surface area contributed by atoms with Gasteiger partial charge < -0.3 is 15.0 Å². The van der Waals surface area contributed by atoms with Crippen molar-refractivity contribution in [1.82, 2.24) is 0 Å². The molecule has 2 aromatic rings. The number of ether oxygens (including phenoxy) is 1. The summed E-state index contributed by atoms with van der Waals surface area (Å²) >= 11 is 0. The quantitative estimate of drug-likeness (QED) is 0.917. The average Bonchev–Trinajstić information content (AvgIpc) is 3.10. The first-order valence-corrected chi connectivity index (χ1v) is 8.06. The third-order valence-corrected chi connectivity index (χ3v) is 4.08. The Balaban J connectivity index is 1.62. The Morgan fingerprint density at radius 1 is 1.13 bits per heavy atom. The molecular formula is C19H22N2O2. The minimum Gasteiger partial charge on any atom is -0.484 e. The summed E-state index contributed by atoms with van der Waals surface area (Å²) in [5, 5.41) is 2.95. The van der Waals surface area contributed by atoms with Crippen LogP contribution in [0.25, 0.3) is 0 Å². The van der Waals surface area contributed by atoms with E-state index in [1.165, 1.54) is 18.5 Å². The van der Waals surface area contributed by atoms with Gasteiger partial charge in [0.2, 0.25) is 0 Å². The minimum atomic E-state index is -0.143. The predicted molar refractivity (Wildman–Crippen MR) is 93.2 cm³/mol. The normalized spacial score (nSPS) is 13.9. The van der Waals surface area contributed by atoms with Crippen molar-refractivity contribution in [2.24, 2.45) is 0 Å². The largest absolute Gasteiger partial charge is 0.484 e. The van der Waals surface area contributed by atoms with E-state index in [0.717, 1.165) is 24.3 Å². The highest BCUT2D eigenvalue weighted by molar-refractivity contribution is 5.93. The molecule has 2 aromatic carbocycles. The molecule has 1 saturated heterocycles. The molecule has 0 atom stereocenters. The molecule has 1 aliphatic rings. The van der Waals surface area contributed by atoms with Crippen LogP contribution in [-0.2, 0) is 4.79 Å². The van der Waals surface area contributed by atoms with Crippen molar-refractivity contribution < 1.29 is 9.53 Å². The number of nitrogens with one attached hydrogen (secondary N) is 1. The van der Waals surface area contributed by atoms with E-state index in [4.69, 9.17) is 4.74 Å². The molecule has 4 nitrogen and oxygen atoms in total. The van der Waals surface area contributed by atoms with Gasteiger partial charge in [-0.3, -0.25) is 4.79 Å². The first-order chi connectivity index (χ1) is 11.2. The standard InChI is InChI=1S/C19H22N2O2/c1-15-9-10-16(21-11-5-6-12-21)13-18(15)20-19(22)14-23-17-7-3-2-4-8-17/h2-4,7-10,13H,5-6,11-12,14H2,1H3,(H,20,22). The van der Waals surface area contributed by atoms with Crippen LogP contribution in [0.2, 0.25) is 0 Å². The van der Waals surface area contributed by atoms with Gasteiger partial charge >= 0.3 is 0 Å². The molecule has 0 radical (unpaired) electrons. The van der Waals surface area contributed by atoms with Gasteiger partial charge in [-0.2, -0.15) is 0 Å². The van der Waals surface area contributed by atoms with Crippen molar-refractivity contribution >= 4 is 17.3 Å². The summed E-state index contributed by atoms with van der Waals surface area (Å²) in [7, 11) is 0. The highest BCUT2D eigenvalue weighted by Gasteiger charge is 2.14. The van der Waals surface area contributed by atoms with Gasteiger partial charge in [0.05, 0.1) is 0 Å². The number of hydrogen-bond donors (Lipinski definition) is 1. The van der Waals surface area contributed by atoms with Crippen molar-refractivity contribution in [3.05, 3.63) is 54.1 Å². The molecule has 0 bridgehead atoms. The lowest BCUT2D eigenvalue weighted by molar-refractivity contribution is -0.118. The zero-order valence-electron chi connectivity index (χ0n) is 13.4. The maximum atomic E-state index is 12.1. The highest BCUT2D eigenvalue weighted by atomic mass is 16.5. The Kier molecular flexibility index (Phi) is 4.81. The number of benzene rings is 2. The lowest BCUT2D eigenvalue weighted by Gasteiger charge is -2.19. The van der Waals surface area contributed by atoms with Gasteiger partial charge in [-0.15, -0.1) is 0 Å². The lowest BCUT2D eigenvalue weighted by atomic mass is 10.1. The second kappa shape index (κ2) is 7.18. The van der Waals surface area contributed by atoms with E-state index in [1.54, 1.807) is 0 Å². The number of nitrogens with zero attached hydrogens (tertiary/aromatic N) is 1. The predicted octanol–water partition coefficient (Wildman–Crippen LogP) is 3.61. The van der Waals surface area contributed by atoms with Crippen LogP contribution < -0.4 is 15.0 Å². The molecule has 0 saturated carbocycles. The van der Waals surface area contributed by atoms with Crippen LogP contribution in [0.4, 0.5) is 11.4 Å². The number of carbonyl (C=O) groups is 1. The molecule has 1 aliphatic heterocycles. The van der Waals surface area contributed by atoms with Gasteiger partial charge in [-0.05, 0) is 49.6 Å². The Morgan fingerprint density at radius 3 is 2.61 bits per heavy atom. The van der Waals surface area contributed by atoms with Crippen LogP contribution in [0.1, 0.15) is 18.4 Å². The average molecular weight is 310 g/mol. The molecule has 120 valence electrons. The molecule has 0 aliphatic carbocycles. The summed E-state index contributed by atoms with van der Waals surface area (Å²) < 4.78 is 5.49. The molecular weight excluding hydrogens is 288 g/mol. The van der Waals surface area contributed by atoms with Crippen molar-refractivity contribution in [3.63, 3.8) is 0 Å². The monoisotopic (exact) mass is 310 g/mol. The number of aryl methyl sites for hydroxylation is 1. The first-order valence-electron chi connectivity index (χ1n) is 8.06. The highest BCUT2D eigenvalue weighted by Crippen LogP contribution is 2.26. The minimum absolute atomic E-state index is 0.0113. The molecule has 4 heteroatoms. The molecule has 1 amide bonds. The molecule has 23 heavy (non-hydrogen) atoms. The van der Waals surface area contributed by atoms with Crippen molar-refractivity contribution in [2.45, 2.75) is 19.8 Å². The summed E-state index contributed by atoms with van der Waals surface area (Å²) in [6.07, 6.45) is 2.47. The smallest absolute Gasteiger partial charge is 0.262 e. The third kappa shape index (κ3) is 4.03. The summed E-state index contributed by atoms with van der Waals surface area (Å²) in [4.78, 5) is 14.5. The van der Waals surface area contributed by atoms with Gasteiger partial charge in [0.1, 0.15) is 5.75 Å². The number of amides is 1. The van der Waals surface area contributed by atoms with Crippen LogP contribution in [-0.4, -0.2) is 25.6 Å². The summed E-state index contributed by atoms with van der Waals surface area (Å²) in [5.74, 6) is 0.556. The summed E-state index contributed by atoms with van der Waals surface area (Å²) in [5.41, 5.74) is 3.09. The number of hydrogen-bond acceptors (Lipinski definition) is 3. The molecule has 3 rings (SSSR count). The zero-order valence-corrected chi connectivity index (χ0v) is 13.4. The van der Waals surface area contributed by atoms with E-state index in [1.807, 2.05) is 37.3 Å². The van der Waals surface area contributed by atoms with E-state index < -0.39 is 0 Å². The number of rotatable bonds is 5. The Labute approximate surface area is 137 Å². The maximum Gasteiger partial charge on any atom is 0.262 e. The number of anilines is 2. The van der Waals surface area contributed by atoms with Gasteiger partial charge in [-0.1, -0.05) is 24.3 Å². The molecule has 0 spiro atoms. The molecule has 1 N–H and O–H groups in total. The van der Waals surface area contributed by atoms with E-state index in [2.05, 4.69) is 28.4 Å². The summed E-state index contributed by atoms with van der Waals surface area (Å²) in [6, 6.07) is 15.6. The molecule has 1 fully saturated rings. The topological polar surface area (TPSA) is 41.6 Å². The van der Waals surface area contributed by atoms with E-state index >= 15 is 0 Å². The van der Waals surface area contributed by atoms with E-state index in [0.29, 0.717) is 5.75 Å². The van der Waals surface area contributed by atoms with Gasteiger partial charge in [0.15, 0.2) is 6.61 Å². The Bertz CT molecular complexity index is 664. The second-order valence-corrected chi connectivity index (χ2v) is 5.84. The van der Waals surface area contributed by atoms with E-state index in [-0.39, 0.29) is 12.5 Å². The van der Waals surface area contributed by atoms with Crippen LogP contribution in [0, 0.1) is 6.92 Å². The fraction of sp³-hybridized carbons (Fsp3) is 0.316. The lowest BCUT2D eigenvalue weighted by Crippen LogP contribution is -2.22. The van der Waals surface area contributed by atoms with Crippen LogP contribution in [0.3, 0.4) is 0 Å². The summed E-state index contributed by atoms with van der Waals surface area (Å²) in [6.45, 7) is 4.19. The fourth-order valence-corrected chi connectivity index (χ4v) is 2.77. The molecule has 0 aromatic heterocycles. The maximum absolute atomic E-state index is 12.1. The number of para-hydroxylation sites is 1.